The topological polar surface area (TPSA) is 63.4 Å². The molecule has 3 rings (SSSR count). The molecule has 0 spiro atoms. The summed E-state index contributed by atoms with van der Waals surface area (Å²) in [6.45, 7) is 0. The fraction of sp³-hybridized carbons (Fsp3) is 0. The van der Waals surface area contributed by atoms with Gasteiger partial charge >= 0.3 is 0 Å². The third kappa shape index (κ3) is 4.01. The molecule has 0 atom stereocenters. The summed E-state index contributed by atoms with van der Waals surface area (Å²) in [6, 6.07) is 13.1. The average molecular weight is 403 g/mol. The van der Waals surface area contributed by atoms with Crippen LogP contribution in [0.25, 0.3) is 6.08 Å². The van der Waals surface area contributed by atoms with E-state index in [2.05, 4.69) is 0 Å². The molecule has 5 nitrogen and oxygen atoms in total. The standard InChI is InChI=1S/C18H11ClN2O3S2/c19-13-4-2-5-15(11-13)20-17(25)16(26-18(20)22)6-1-3-12-7-9-14(10-8-12)21(23)24/h1-11H/b3-1+,16-6+. The minimum atomic E-state index is -0.445. The smallest absolute Gasteiger partial charge is 0.261 e. The van der Waals surface area contributed by atoms with Crippen LogP contribution in [0.3, 0.4) is 0 Å². The Bertz CT molecular complexity index is 955. The Labute approximate surface area is 164 Å². The molecule has 1 saturated heterocycles. The predicted molar refractivity (Wildman–Crippen MR) is 110 cm³/mol. The van der Waals surface area contributed by atoms with Crippen molar-refractivity contribution < 1.29 is 9.72 Å². The first-order valence-electron chi connectivity index (χ1n) is 7.40. The number of non-ortho nitro benzene ring substituents is 1. The van der Waals surface area contributed by atoms with E-state index in [1.807, 2.05) is 0 Å². The summed E-state index contributed by atoms with van der Waals surface area (Å²) >= 11 is 12.4. The molecule has 1 amide bonds. The van der Waals surface area contributed by atoms with Gasteiger partial charge in [0, 0.05) is 17.2 Å². The summed E-state index contributed by atoms with van der Waals surface area (Å²) < 4.78 is 0. The molecule has 1 aliphatic heterocycles. The normalized spacial score (nSPS) is 16.0. The van der Waals surface area contributed by atoms with Crippen molar-refractivity contribution in [2.75, 3.05) is 4.90 Å². The van der Waals surface area contributed by atoms with Gasteiger partial charge in [0.25, 0.3) is 10.9 Å². The summed E-state index contributed by atoms with van der Waals surface area (Å²) in [7, 11) is 0. The van der Waals surface area contributed by atoms with Gasteiger partial charge in [0.2, 0.25) is 0 Å². The Morgan fingerprint density at radius 3 is 2.58 bits per heavy atom. The van der Waals surface area contributed by atoms with E-state index in [9.17, 15) is 14.9 Å². The largest absolute Gasteiger partial charge is 0.296 e. The monoisotopic (exact) mass is 402 g/mol. The van der Waals surface area contributed by atoms with Gasteiger partial charge in [0.1, 0.15) is 4.99 Å². The lowest BCUT2D eigenvalue weighted by Gasteiger charge is -2.14. The molecule has 130 valence electrons. The number of hydrogen-bond donors (Lipinski definition) is 0. The molecule has 2 aromatic carbocycles. The summed E-state index contributed by atoms with van der Waals surface area (Å²) in [6.07, 6.45) is 5.29. The number of rotatable bonds is 4. The first kappa shape index (κ1) is 18.3. The van der Waals surface area contributed by atoms with Crippen molar-refractivity contribution in [3.63, 3.8) is 0 Å². The summed E-state index contributed by atoms with van der Waals surface area (Å²) in [5, 5.41) is 11.0. The van der Waals surface area contributed by atoms with E-state index >= 15 is 0 Å². The molecule has 0 radical (unpaired) electrons. The molecule has 2 aromatic rings. The van der Waals surface area contributed by atoms with Crippen molar-refractivity contribution in [2.24, 2.45) is 0 Å². The van der Waals surface area contributed by atoms with E-state index in [1.165, 1.54) is 17.0 Å². The van der Waals surface area contributed by atoms with E-state index in [1.54, 1.807) is 54.6 Å². The number of anilines is 1. The van der Waals surface area contributed by atoms with Gasteiger partial charge in [-0.3, -0.25) is 19.8 Å². The maximum absolute atomic E-state index is 12.3. The second kappa shape index (κ2) is 7.82. The SMILES string of the molecule is O=C1S/C(=C/C=C/c2ccc([N+](=O)[O-])cc2)C(=S)N1c1cccc(Cl)c1. The molecule has 0 bridgehead atoms. The second-order valence-electron chi connectivity index (χ2n) is 5.23. The highest BCUT2D eigenvalue weighted by Crippen LogP contribution is 2.36. The Kier molecular flexibility index (Phi) is 5.51. The van der Waals surface area contributed by atoms with Crippen LogP contribution in [0.2, 0.25) is 5.02 Å². The van der Waals surface area contributed by atoms with Crippen LogP contribution in [0, 0.1) is 10.1 Å². The fourth-order valence-electron chi connectivity index (χ4n) is 2.27. The summed E-state index contributed by atoms with van der Waals surface area (Å²) in [4.78, 5) is 25.0. The first-order chi connectivity index (χ1) is 12.5. The summed E-state index contributed by atoms with van der Waals surface area (Å²) in [5.74, 6) is 0. The maximum atomic E-state index is 12.3. The Morgan fingerprint density at radius 2 is 1.92 bits per heavy atom. The van der Waals surface area contributed by atoms with Gasteiger partial charge in [0.15, 0.2) is 0 Å². The van der Waals surface area contributed by atoms with Crippen LogP contribution >= 0.6 is 35.6 Å². The Hall–Kier alpha value is -2.48. The molecule has 0 aliphatic carbocycles. The van der Waals surface area contributed by atoms with Crippen LogP contribution in [-0.2, 0) is 0 Å². The first-order valence-corrected chi connectivity index (χ1v) is 9.00. The molecule has 0 aromatic heterocycles. The zero-order valence-electron chi connectivity index (χ0n) is 13.2. The van der Waals surface area contributed by atoms with Crippen LogP contribution in [0.1, 0.15) is 5.56 Å². The quantitative estimate of drug-likeness (QED) is 0.278. The highest BCUT2D eigenvalue weighted by molar-refractivity contribution is 8.20. The third-order valence-electron chi connectivity index (χ3n) is 3.50. The van der Waals surface area contributed by atoms with E-state index < -0.39 is 4.92 Å². The number of halogens is 1. The Morgan fingerprint density at radius 1 is 1.19 bits per heavy atom. The van der Waals surface area contributed by atoms with Crippen molar-refractivity contribution in [3.05, 3.63) is 86.3 Å². The van der Waals surface area contributed by atoms with Gasteiger partial charge < -0.3 is 0 Å². The van der Waals surface area contributed by atoms with Crippen LogP contribution < -0.4 is 4.90 Å². The lowest BCUT2D eigenvalue weighted by atomic mass is 10.2. The minimum Gasteiger partial charge on any atom is -0.261 e. The van der Waals surface area contributed by atoms with Crippen molar-refractivity contribution in [1.82, 2.24) is 0 Å². The van der Waals surface area contributed by atoms with Crippen molar-refractivity contribution in [2.45, 2.75) is 0 Å². The van der Waals surface area contributed by atoms with Crippen LogP contribution in [0.15, 0.2) is 65.6 Å². The number of carbonyl (C=O) groups is 1. The lowest BCUT2D eigenvalue weighted by Crippen LogP contribution is -2.26. The predicted octanol–water partition coefficient (Wildman–Crippen LogP) is 5.85. The average Bonchev–Trinajstić information content (AvgIpc) is 2.89. The minimum absolute atomic E-state index is 0.0378. The van der Waals surface area contributed by atoms with Gasteiger partial charge in [-0.1, -0.05) is 42.0 Å². The number of thiocarbonyl (C=S) groups is 1. The third-order valence-corrected chi connectivity index (χ3v) is 5.17. The maximum Gasteiger partial charge on any atom is 0.296 e. The molecule has 1 fully saturated rings. The highest BCUT2D eigenvalue weighted by atomic mass is 35.5. The van der Waals surface area contributed by atoms with E-state index in [-0.39, 0.29) is 10.9 Å². The lowest BCUT2D eigenvalue weighted by molar-refractivity contribution is -0.384. The zero-order valence-corrected chi connectivity index (χ0v) is 15.6. The number of nitrogens with zero attached hydrogens (tertiary/aromatic N) is 2. The molecule has 0 N–H and O–H groups in total. The Balaban J connectivity index is 1.76. The second-order valence-corrected chi connectivity index (χ2v) is 7.04. The molecular weight excluding hydrogens is 392 g/mol. The number of amides is 1. The molecule has 0 unspecified atom stereocenters. The molecule has 26 heavy (non-hydrogen) atoms. The number of thioether (sulfide) groups is 1. The number of allylic oxidation sites excluding steroid dienone is 2. The molecule has 0 saturated carbocycles. The van der Waals surface area contributed by atoms with Crippen molar-refractivity contribution in [3.8, 4) is 0 Å². The fourth-order valence-corrected chi connectivity index (χ4v) is 3.70. The highest BCUT2D eigenvalue weighted by Gasteiger charge is 2.32. The van der Waals surface area contributed by atoms with Crippen molar-refractivity contribution in [1.29, 1.82) is 0 Å². The number of benzene rings is 2. The van der Waals surface area contributed by atoms with Crippen LogP contribution in [0.4, 0.5) is 16.2 Å². The number of hydrogen-bond acceptors (Lipinski definition) is 5. The molecule has 8 heteroatoms. The van der Waals surface area contributed by atoms with Gasteiger partial charge in [-0.05, 0) is 53.7 Å². The van der Waals surface area contributed by atoms with Crippen LogP contribution in [0.5, 0.6) is 0 Å². The van der Waals surface area contributed by atoms with Gasteiger partial charge in [0.05, 0.1) is 15.5 Å². The number of nitro benzene ring substituents is 1. The van der Waals surface area contributed by atoms with Gasteiger partial charge in [-0.15, -0.1) is 0 Å². The molecular formula is C18H11ClN2O3S2. The van der Waals surface area contributed by atoms with Gasteiger partial charge in [-0.2, -0.15) is 0 Å². The summed E-state index contributed by atoms with van der Waals surface area (Å²) in [5.41, 5.74) is 1.47. The van der Waals surface area contributed by atoms with Crippen LogP contribution in [-0.4, -0.2) is 15.2 Å². The van der Waals surface area contributed by atoms with E-state index in [4.69, 9.17) is 23.8 Å². The van der Waals surface area contributed by atoms with E-state index in [0.717, 1.165) is 17.3 Å². The van der Waals surface area contributed by atoms with Crippen molar-refractivity contribution >= 4 is 63.3 Å². The number of nitro groups is 1. The van der Waals surface area contributed by atoms with Gasteiger partial charge in [-0.25, -0.2) is 0 Å². The zero-order chi connectivity index (χ0) is 18.7. The molecule has 1 heterocycles. The van der Waals surface area contributed by atoms with E-state index in [0.29, 0.717) is 20.6 Å². The number of carbonyl (C=O) groups excluding carboxylic acids is 1. The molecule has 1 aliphatic rings.